The van der Waals surface area contributed by atoms with Crippen LogP contribution in [0.15, 0.2) is 94.3 Å². The van der Waals surface area contributed by atoms with Gasteiger partial charge in [-0.05, 0) is 74.5 Å². The lowest BCUT2D eigenvalue weighted by atomic mass is 10.1. The van der Waals surface area contributed by atoms with Crippen molar-refractivity contribution in [2.24, 2.45) is 0 Å². The van der Waals surface area contributed by atoms with Gasteiger partial charge in [-0.3, -0.25) is 9.36 Å². The zero-order valence-corrected chi connectivity index (χ0v) is 22.2. The Morgan fingerprint density at radius 3 is 2.50 bits per heavy atom. The molecule has 1 N–H and O–H groups in total. The molecule has 7 nitrogen and oxygen atoms in total. The van der Waals surface area contributed by atoms with Gasteiger partial charge in [0.2, 0.25) is 0 Å². The van der Waals surface area contributed by atoms with E-state index in [9.17, 15) is 9.59 Å². The summed E-state index contributed by atoms with van der Waals surface area (Å²) in [6.45, 7) is 3.93. The van der Waals surface area contributed by atoms with E-state index in [4.69, 9.17) is 32.6 Å². The van der Waals surface area contributed by atoms with Crippen molar-refractivity contribution >= 4 is 45.8 Å². The van der Waals surface area contributed by atoms with Crippen LogP contribution in [0.5, 0.6) is 0 Å². The van der Waals surface area contributed by atoms with Gasteiger partial charge in [-0.15, -0.1) is 0 Å². The molecule has 0 bridgehead atoms. The number of carbonyl (C=O) groups excluding carboxylic acids is 1. The number of benzene rings is 3. The van der Waals surface area contributed by atoms with Gasteiger partial charge in [-0.2, -0.15) is 0 Å². The maximum atomic E-state index is 13.8. The Bertz CT molecular complexity index is 1660. The van der Waals surface area contributed by atoms with Crippen LogP contribution >= 0.6 is 23.2 Å². The lowest BCUT2D eigenvalue weighted by molar-refractivity contribution is 0.179. The number of nitrogens with zero attached hydrogens (tertiary/aromatic N) is 3. The van der Waals surface area contributed by atoms with Crippen LogP contribution in [0.4, 0.5) is 10.5 Å². The van der Waals surface area contributed by atoms with E-state index in [1.807, 2.05) is 38.1 Å². The first-order chi connectivity index (χ1) is 18.3. The number of hydrogen-bond donors (Lipinski definition) is 1. The standard InChI is InChI=1S/C29H24Cl2N4O3/c1-18-8-11-23(12-9-18)35-27(33-26-16-21(31)10-13-25(26)28(35)36)19(2)34(17-24-7-4-14-38-24)29(37)32-22-6-3-5-20(30)15-22/h3-16,19H,17H2,1-2H3,(H,32,37). The van der Waals surface area contributed by atoms with Crippen LogP contribution in [0, 0.1) is 6.92 Å². The fourth-order valence-corrected chi connectivity index (χ4v) is 4.61. The van der Waals surface area contributed by atoms with Crippen LogP contribution in [-0.4, -0.2) is 20.5 Å². The molecule has 1 unspecified atom stereocenters. The molecule has 0 spiro atoms. The predicted molar refractivity (Wildman–Crippen MR) is 150 cm³/mol. The molecule has 9 heteroatoms. The summed E-state index contributed by atoms with van der Waals surface area (Å²) in [5, 5.41) is 4.28. The zero-order chi connectivity index (χ0) is 26.8. The Labute approximate surface area is 229 Å². The number of furan rings is 1. The molecule has 2 heterocycles. The first-order valence-corrected chi connectivity index (χ1v) is 12.7. The Morgan fingerprint density at radius 2 is 1.79 bits per heavy atom. The summed E-state index contributed by atoms with van der Waals surface area (Å²) in [6.07, 6.45) is 1.55. The van der Waals surface area contributed by atoms with E-state index < -0.39 is 12.1 Å². The van der Waals surface area contributed by atoms with Crippen LogP contribution in [-0.2, 0) is 6.54 Å². The maximum absolute atomic E-state index is 13.8. The molecule has 5 aromatic rings. The first kappa shape index (κ1) is 25.6. The fraction of sp³-hybridized carbons (Fsp3) is 0.138. The van der Waals surface area contributed by atoms with Crippen molar-refractivity contribution in [3.05, 3.63) is 123 Å². The van der Waals surface area contributed by atoms with Gasteiger partial charge in [0.15, 0.2) is 0 Å². The molecule has 5 rings (SSSR count). The lowest BCUT2D eigenvalue weighted by Gasteiger charge is -2.30. The van der Waals surface area contributed by atoms with Gasteiger partial charge in [0.05, 0.1) is 35.4 Å². The van der Waals surface area contributed by atoms with Crippen molar-refractivity contribution in [1.82, 2.24) is 14.5 Å². The zero-order valence-electron chi connectivity index (χ0n) is 20.7. The maximum Gasteiger partial charge on any atom is 0.322 e. The number of fused-ring (bicyclic) bond motifs is 1. The first-order valence-electron chi connectivity index (χ1n) is 11.9. The highest BCUT2D eigenvalue weighted by molar-refractivity contribution is 6.31. The largest absolute Gasteiger partial charge is 0.467 e. The van der Waals surface area contributed by atoms with Crippen LogP contribution in [0.25, 0.3) is 16.6 Å². The number of amides is 2. The molecule has 0 fully saturated rings. The number of urea groups is 1. The molecular formula is C29H24Cl2N4O3. The second-order valence-corrected chi connectivity index (χ2v) is 9.80. The smallest absolute Gasteiger partial charge is 0.322 e. The summed E-state index contributed by atoms with van der Waals surface area (Å²) < 4.78 is 7.10. The van der Waals surface area contributed by atoms with Crippen LogP contribution in [0.2, 0.25) is 10.0 Å². The molecule has 1 atom stereocenters. The molecule has 0 aliphatic rings. The van der Waals surface area contributed by atoms with Gasteiger partial charge in [-0.25, -0.2) is 9.78 Å². The van der Waals surface area contributed by atoms with Crippen molar-refractivity contribution in [2.75, 3.05) is 5.32 Å². The SMILES string of the molecule is Cc1ccc(-n2c(C(C)N(Cc3ccco3)C(=O)Nc3cccc(Cl)c3)nc3cc(Cl)ccc3c2=O)cc1. The molecule has 192 valence electrons. The molecular weight excluding hydrogens is 523 g/mol. The molecule has 2 aromatic heterocycles. The molecule has 0 saturated carbocycles. The minimum atomic E-state index is -0.656. The van der Waals surface area contributed by atoms with Crippen molar-refractivity contribution in [2.45, 2.75) is 26.4 Å². The highest BCUT2D eigenvalue weighted by Crippen LogP contribution is 2.27. The van der Waals surface area contributed by atoms with E-state index in [0.717, 1.165) is 5.56 Å². The molecule has 0 aliphatic carbocycles. The van der Waals surface area contributed by atoms with Crippen molar-refractivity contribution in [1.29, 1.82) is 0 Å². The van der Waals surface area contributed by atoms with Crippen molar-refractivity contribution in [3.63, 3.8) is 0 Å². The fourth-order valence-electron chi connectivity index (χ4n) is 4.26. The highest BCUT2D eigenvalue weighted by atomic mass is 35.5. The number of nitrogens with one attached hydrogen (secondary N) is 1. The normalized spacial score (nSPS) is 11.9. The van der Waals surface area contributed by atoms with Gasteiger partial charge < -0.3 is 14.6 Å². The number of carbonyl (C=O) groups is 1. The second kappa shape index (κ2) is 10.7. The Balaban J connectivity index is 1.65. The topological polar surface area (TPSA) is 80.4 Å². The van der Waals surface area contributed by atoms with E-state index in [0.29, 0.717) is 43.9 Å². The number of anilines is 1. The molecule has 0 aliphatic heterocycles. The summed E-state index contributed by atoms with van der Waals surface area (Å²) in [4.78, 5) is 33.9. The van der Waals surface area contributed by atoms with E-state index >= 15 is 0 Å². The summed E-state index contributed by atoms with van der Waals surface area (Å²) in [5.41, 5.74) is 2.41. The van der Waals surface area contributed by atoms with E-state index in [-0.39, 0.29) is 12.1 Å². The van der Waals surface area contributed by atoms with Crippen LogP contribution in [0.1, 0.15) is 30.1 Å². The summed E-state index contributed by atoms with van der Waals surface area (Å²) in [6, 6.07) is 21.9. The molecule has 38 heavy (non-hydrogen) atoms. The van der Waals surface area contributed by atoms with Crippen molar-refractivity contribution in [3.8, 4) is 5.69 Å². The van der Waals surface area contributed by atoms with Gasteiger partial charge >= 0.3 is 6.03 Å². The van der Waals surface area contributed by atoms with Gasteiger partial charge in [0.25, 0.3) is 5.56 Å². The Morgan fingerprint density at radius 1 is 1.03 bits per heavy atom. The van der Waals surface area contributed by atoms with E-state index in [1.54, 1.807) is 70.3 Å². The third kappa shape index (κ3) is 5.30. The number of aromatic nitrogens is 2. The minimum absolute atomic E-state index is 0.137. The Kier molecular flexibility index (Phi) is 7.22. The van der Waals surface area contributed by atoms with E-state index in [2.05, 4.69) is 5.32 Å². The van der Waals surface area contributed by atoms with E-state index in [1.165, 1.54) is 0 Å². The van der Waals surface area contributed by atoms with Gasteiger partial charge in [0.1, 0.15) is 11.6 Å². The second-order valence-electron chi connectivity index (χ2n) is 8.93. The van der Waals surface area contributed by atoms with Crippen LogP contribution < -0.4 is 10.9 Å². The monoisotopic (exact) mass is 546 g/mol. The van der Waals surface area contributed by atoms with Crippen molar-refractivity contribution < 1.29 is 9.21 Å². The summed E-state index contributed by atoms with van der Waals surface area (Å²) >= 11 is 12.4. The average molecular weight is 547 g/mol. The quantitative estimate of drug-likeness (QED) is 0.240. The van der Waals surface area contributed by atoms with Gasteiger partial charge in [-0.1, -0.05) is 47.0 Å². The molecule has 0 radical (unpaired) electrons. The average Bonchev–Trinajstić information content (AvgIpc) is 3.41. The Hall–Kier alpha value is -4.07. The van der Waals surface area contributed by atoms with Gasteiger partial charge in [0, 0.05) is 15.7 Å². The number of hydrogen-bond acceptors (Lipinski definition) is 4. The number of halogens is 2. The molecule has 3 aromatic carbocycles. The number of aryl methyl sites for hydroxylation is 1. The third-order valence-electron chi connectivity index (χ3n) is 6.23. The van der Waals surface area contributed by atoms with Crippen LogP contribution in [0.3, 0.4) is 0 Å². The molecule has 2 amide bonds. The number of rotatable bonds is 6. The minimum Gasteiger partial charge on any atom is -0.467 e. The summed E-state index contributed by atoms with van der Waals surface area (Å²) in [7, 11) is 0. The lowest BCUT2D eigenvalue weighted by Crippen LogP contribution is -2.39. The summed E-state index contributed by atoms with van der Waals surface area (Å²) in [5.74, 6) is 0.951. The highest BCUT2D eigenvalue weighted by Gasteiger charge is 2.28. The predicted octanol–water partition coefficient (Wildman–Crippen LogP) is 7.39. The third-order valence-corrected chi connectivity index (χ3v) is 6.70. The molecule has 0 saturated heterocycles.